The largest absolute Gasteiger partial charge is 0.368 e. The Morgan fingerprint density at radius 3 is 2.91 bits per heavy atom. The standard InChI is InChI=1S/C16H11N3OS2.ClH/c20-15-13-12(9-3-6-21-16(9)22-13)10-7-8(1-2-11(10)19-15)14-17-4-5-18-14;/h1-3,6-7H,4-5H2,(H,17,18)(H,19,20);1H. The number of aliphatic imine (C=N–C) groups is 1. The summed E-state index contributed by atoms with van der Waals surface area (Å²) in [5, 5.41) is 8.73. The molecule has 1 aromatic carbocycles. The fourth-order valence-electron chi connectivity index (χ4n) is 3.03. The van der Waals surface area contributed by atoms with E-state index in [4.69, 9.17) is 0 Å². The fourth-order valence-corrected chi connectivity index (χ4v) is 5.20. The van der Waals surface area contributed by atoms with Gasteiger partial charge >= 0.3 is 0 Å². The molecule has 0 amide bonds. The average molecular weight is 362 g/mol. The Balaban J connectivity index is 0.00000135. The summed E-state index contributed by atoms with van der Waals surface area (Å²) >= 11 is 3.27. The number of fused-ring (bicyclic) bond motifs is 5. The minimum absolute atomic E-state index is 0. The molecule has 0 radical (unpaired) electrons. The molecule has 23 heavy (non-hydrogen) atoms. The lowest BCUT2D eigenvalue weighted by molar-refractivity contribution is 0.960. The van der Waals surface area contributed by atoms with E-state index in [-0.39, 0.29) is 18.0 Å². The van der Waals surface area contributed by atoms with E-state index in [2.05, 4.69) is 32.8 Å². The van der Waals surface area contributed by atoms with Crippen LogP contribution in [0.2, 0.25) is 0 Å². The van der Waals surface area contributed by atoms with Gasteiger partial charge in [0.05, 0.1) is 10.6 Å². The first kappa shape index (κ1) is 14.7. The van der Waals surface area contributed by atoms with Crippen LogP contribution in [0.5, 0.6) is 0 Å². The van der Waals surface area contributed by atoms with Gasteiger partial charge in [0.1, 0.15) is 10.5 Å². The summed E-state index contributed by atoms with van der Waals surface area (Å²) in [5.74, 6) is 0.943. The van der Waals surface area contributed by atoms with Crippen LogP contribution in [-0.4, -0.2) is 23.9 Å². The molecule has 1 aliphatic heterocycles. The van der Waals surface area contributed by atoms with Gasteiger partial charge < -0.3 is 10.3 Å². The maximum absolute atomic E-state index is 12.3. The lowest BCUT2D eigenvalue weighted by Crippen LogP contribution is -2.19. The van der Waals surface area contributed by atoms with Gasteiger partial charge in [-0.25, -0.2) is 0 Å². The Labute approximate surface area is 145 Å². The summed E-state index contributed by atoms with van der Waals surface area (Å²) in [6, 6.07) is 8.23. The third-order valence-electron chi connectivity index (χ3n) is 4.01. The molecule has 1 aliphatic rings. The molecule has 116 valence electrons. The summed E-state index contributed by atoms with van der Waals surface area (Å²) in [5.41, 5.74) is 1.96. The molecule has 0 saturated carbocycles. The van der Waals surface area contributed by atoms with Crippen molar-refractivity contribution in [3.8, 4) is 0 Å². The van der Waals surface area contributed by atoms with Gasteiger partial charge in [-0.3, -0.25) is 9.79 Å². The van der Waals surface area contributed by atoms with Crippen LogP contribution in [0.3, 0.4) is 0 Å². The van der Waals surface area contributed by atoms with Crippen LogP contribution in [0.4, 0.5) is 0 Å². The molecule has 7 heteroatoms. The highest BCUT2D eigenvalue weighted by molar-refractivity contribution is 7.41. The van der Waals surface area contributed by atoms with E-state index < -0.39 is 0 Å². The number of benzene rings is 1. The number of halogens is 1. The molecule has 3 aromatic heterocycles. The zero-order chi connectivity index (χ0) is 14.7. The van der Waals surface area contributed by atoms with Gasteiger partial charge in [-0.2, -0.15) is 0 Å². The van der Waals surface area contributed by atoms with E-state index >= 15 is 0 Å². The zero-order valence-electron chi connectivity index (χ0n) is 11.9. The molecule has 0 bridgehead atoms. The second kappa shape index (κ2) is 5.33. The molecule has 5 rings (SSSR count). The number of hydrogen-bond acceptors (Lipinski definition) is 5. The summed E-state index contributed by atoms with van der Waals surface area (Å²) in [4.78, 5) is 19.8. The minimum Gasteiger partial charge on any atom is -0.368 e. The van der Waals surface area contributed by atoms with Crippen LogP contribution < -0.4 is 10.9 Å². The molecule has 4 heterocycles. The normalized spacial score (nSPS) is 14.2. The van der Waals surface area contributed by atoms with Crippen molar-refractivity contribution in [3.05, 3.63) is 45.6 Å². The molecule has 2 N–H and O–H groups in total. The second-order valence-electron chi connectivity index (χ2n) is 5.30. The number of nitrogens with zero attached hydrogens (tertiary/aromatic N) is 1. The maximum atomic E-state index is 12.3. The van der Waals surface area contributed by atoms with E-state index in [1.807, 2.05) is 12.1 Å². The quantitative estimate of drug-likeness (QED) is 0.542. The first-order valence-electron chi connectivity index (χ1n) is 7.06. The van der Waals surface area contributed by atoms with Crippen molar-refractivity contribution in [3.63, 3.8) is 0 Å². The number of rotatable bonds is 1. The van der Waals surface area contributed by atoms with E-state index in [0.29, 0.717) is 0 Å². The molecule has 0 unspecified atom stereocenters. The number of aromatic nitrogens is 1. The number of aromatic amines is 1. The Morgan fingerprint density at radius 1 is 1.17 bits per heavy atom. The monoisotopic (exact) mass is 361 g/mol. The van der Waals surface area contributed by atoms with Crippen LogP contribution in [0, 0.1) is 0 Å². The van der Waals surface area contributed by atoms with E-state index in [1.165, 1.54) is 9.40 Å². The van der Waals surface area contributed by atoms with Crippen molar-refractivity contribution in [2.24, 2.45) is 4.99 Å². The number of thiophene rings is 2. The summed E-state index contributed by atoms with van der Waals surface area (Å²) in [6.07, 6.45) is 0. The van der Waals surface area contributed by atoms with Gasteiger partial charge in [0, 0.05) is 33.8 Å². The molecule has 4 aromatic rings. The average Bonchev–Trinajstić information content (AvgIpc) is 3.24. The van der Waals surface area contributed by atoms with Gasteiger partial charge in [-0.05, 0) is 29.6 Å². The topological polar surface area (TPSA) is 57.2 Å². The van der Waals surface area contributed by atoms with Crippen molar-refractivity contribution in [1.82, 2.24) is 10.3 Å². The highest BCUT2D eigenvalue weighted by atomic mass is 35.5. The van der Waals surface area contributed by atoms with E-state index in [9.17, 15) is 4.79 Å². The number of H-pyrrole nitrogens is 1. The Kier molecular flexibility index (Phi) is 3.41. The molecule has 0 saturated heterocycles. The molecule has 0 atom stereocenters. The molecule has 0 spiro atoms. The minimum atomic E-state index is -0.0000167. The molecular formula is C16H12ClN3OS2. The molecule has 0 fully saturated rings. The van der Waals surface area contributed by atoms with Crippen molar-refractivity contribution < 1.29 is 0 Å². The smallest absolute Gasteiger partial charge is 0.266 e. The second-order valence-corrected chi connectivity index (χ2v) is 7.49. The maximum Gasteiger partial charge on any atom is 0.266 e. The number of nitrogens with one attached hydrogen (secondary N) is 2. The number of pyridine rings is 1. The van der Waals surface area contributed by atoms with Gasteiger partial charge in [0.25, 0.3) is 5.56 Å². The van der Waals surface area contributed by atoms with Gasteiger partial charge in [0.2, 0.25) is 0 Å². The number of amidine groups is 1. The van der Waals surface area contributed by atoms with Crippen LogP contribution in [0.25, 0.3) is 30.4 Å². The summed E-state index contributed by atoms with van der Waals surface area (Å²) in [7, 11) is 0. The van der Waals surface area contributed by atoms with Crippen molar-refractivity contribution in [1.29, 1.82) is 0 Å². The van der Waals surface area contributed by atoms with Crippen LogP contribution >= 0.6 is 35.1 Å². The predicted octanol–water partition coefficient (Wildman–Crippen LogP) is 3.73. The zero-order valence-corrected chi connectivity index (χ0v) is 14.3. The highest BCUT2D eigenvalue weighted by Crippen LogP contribution is 2.38. The molecule has 4 nitrogen and oxygen atoms in total. The van der Waals surface area contributed by atoms with Crippen molar-refractivity contribution in [2.75, 3.05) is 13.1 Å². The van der Waals surface area contributed by atoms with Gasteiger partial charge in [0.15, 0.2) is 0 Å². The third-order valence-corrected chi connectivity index (χ3v) is 6.26. The van der Waals surface area contributed by atoms with Crippen LogP contribution in [0.1, 0.15) is 5.56 Å². The lowest BCUT2D eigenvalue weighted by atomic mass is 10.1. The third kappa shape index (κ3) is 2.09. The van der Waals surface area contributed by atoms with Crippen LogP contribution in [0.15, 0.2) is 39.4 Å². The summed E-state index contributed by atoms with van der Waals surface area (Å²) < 4.78 is 2.02. The molecule has 0 aliphatic carbocycles. The fraction of sp³-hybridized carbons (Fsp3) is 0.125. The first-order valence-corrected chi connectivity index (χ1v) is 8.75. The van der Waals surface area contributed by atoms with Crippen LogP contribution in [-0.2, 0) is 0 Å². The van der Waals surface area contributed by atoms with E-state index in [1.54, 1.807) is 22.7 Å². The van der Waals surface area contributed by atoms with Gasteiger partial charge in [-0.1, -0.05) is 0 Å². The summed E-state index contributed by atoms with van der Waals surface area (Å²) in [6.45, 7) is 1.71. The highest BCUT2D eigenvalue weighted by Gasteiger charge is 2.15. The van der Waals surface area contributed by atoms with Crippen molar-refractivity contribution in [2.45, 2.75) is 0 Å². The first-order chi connectivity index (χ1) is 10.8. The predicted molar refractivity (Wildman–Crippen MR) is 102 cm³/mol. The Morgan fingerprint density at radius 2 is 2.09 bits per heavy atom. The lowest BCUT2D eigenvalue weighted by Gasteiger charge is -2.06. The Hall–Kier alpha value is -1.89. The number of hydrogen-bond donors (Lipinski definition) is 2. The van der Waals surface area contributed by atoms with Gasteiger partial charge in [-0.15, -0.1) is 35.1 Å². The molecular weight excluding hydrogens is 350 g/mol. The Bertz CT molecular complexity index is 1140. The van der Waals surface area contributed by atoms with E-state index in [0.717, 1.165) is 45.5 Å². The SMILES string of the molecule is Cl.O=c1[nH]c2ccc(C3=NCCN3)cc2c2c1sc1sccc12. The van der Waals surface area contributed by atoms with Crippen molar-refractivity contribution >= 4 is 71.3 Å².